The van der Waals surface area contributed by atoms with E-state index in [1.807, 2.05) is 0 Å². The molecule has 0 saturated carbocycles. The molecule has 0 aromatic carbocycles. The second kappa shape index (κ2) is 15.7. The van der Waals surface area contributed by atoms with Crippen LogP contribution in [0.25, 0.3) is 0 Å². The second-order valence-electron chi connectivity index (χ2n) is 0.678. The molecule has 0 aromatic heterocycles. The standard InChI is InChI=1S/C3H7O.2ClH.Zn/c1-2-3-4;;;/h4H,1-3H2;2*1H;/q;;;+2/p-2. The molecule has 4 heteroatoms. The van der Waals surface area contributed by atoms with E-state index < -0.39 is 15.1 Å². The molecule has 0 aliphatic carbocycles. The molecule has 0 rings (SSSR count). The summed E-state index contributed by atoms with van der Waals surface area (Å²) in [6.45, 7) is 3.56. The van der Waals surface area contributed by atoms with Gasteiger partial charge in [-0.05, 0) is 6.42 Å². The Morgan fingerprint density at radius 3 is 1.71 bits per heavy atom. The van der Waals surface area contributed by atoms with Crippen LogP contribution in [0.2, 0.25) is 0 Å². The molecule has 0 atom stereocenters. The number of aliphatic hydroxyl groups excluding tert-OH is 1. The Bertz CT molecular complexity index is 20.4. The van der Waals surface area contributed by atoms with Gasteiger partial charge in [0.05, 0.1) is 0 Å². The van der Waals surface area contributed by atoms with Crippen molar-refractivity contribution in [3.63, 3.8) is 0 Å². The van der Waals surface area contributed by atoms with Crippen molar-refractivity contribution < 1.29 is 20.3 Å². The van der Waals surface area contributed by atoms with E-state index in [2.05, 4.69) is 6.92 Å². The number of rotatable bonds is 1. The summed E-state index contributed by atoms with van der Waals surface area (Å²) in [5.41, 5.74) is 0. The third-order valence-corrected chi connectivity index (χ3v) is 0.158. The molecule has 0 fully saturated rings. The van der Waals surface area contributed by atoms with E-state index in [1.54, 1.807) is 0 Å². The molecule has 1 N–H and O–H groups in total. The van der Waals surface area contributed by atoms with Crippen molar-refractivity contribution in [1.29, 1.82) is 0 Å². The first kappa shape index (κ1) is 11.0. The Morgan fingerprint density at radius 1 is 1.57 bits per heavy atom. The zero-order chi connectivity index (χ0) is 6.12. The zero-order valence-corrected chi connectivity index (χ0v) is 8.51. The molecule has 0 spiro atoms. The van der Waals surface area contributed by atoms with Gasteiger partial charge in [0.25, 0.3) is 0 Å². The average molecular weight is 195 g/mol. The van der Waals surface area contributed by atoms with Gasteiger partial charge in [0.2, 0.25) is 0 Å². The van der Waals surface area contributed by atoms with Crippen LogP contribution in [-0.2, 0) is 15.1 Å². The number of hydrogen-bond acceptors (Lipinski definition) is 1. The van der Waals surface area contributed by atoms with Crippen molar-refractivity contribution in [2.75, 3.05) is 6.61 Å². The van der Waals surface area contributed by atoms with Crippen molar-refractivity contribution in [2.24, 2.45) is 0 Å². The Balaban J connectivity index is 0. The van der Waals surface area contributed by atoms with Crippen LogP contribution >= 0.6 is 19.4 Å². The van der Waals surface area contributed by atoms with Crippen molar-refractivity contribution in [1.82, 2.24) is 0 Å². The van der Waals surface area contributed by atoms with Crippen LogP contribution in [0.1, 0.15) is 6.42 Å². The van der Waals surface area contributed by atoms with E-state index in [-0.39, 0.29) is 6.61 Å². The summed E-state index contributed by atoms with van der Waals surface area (Å²) in [6, 6.07) is 0. The van der Waals surface area contributed by atoms with Crippen LogP contribution in [0.4, 0.5) is 0 Å². The molecule has 0 unspecified atom stereocenters. The molecule has 0 bridgehead atoms. The summed E-state index contributed by atoms with van der Waals surface area (Å²) in [6.07, 6.45) is 0.625. The van der Waals surface area contributed by atoms with Gasteiger partial charge in [-0.3, -0.25) is 0 Å². The molecule has 0 amide bonds. The van der Waals surface area contributed by atoms with Crippen LogP contribution in [0.3, 0.4) is 0 Å². The molecular formula is C3H7Cl2OZn. The molecule has 41 valence electrons. The van der Waals surface area contributed by atoms with Crippen molar-refractivity contribution >= 4 is 19.4 Å². The van der Waals surface area contributed by atoms with Crippen molar-refractivity contribution in [3.05, 3.63) is 6.92 Å². The first-order valence-electron chi connectivity index (χ1n) is 1.85. The topological polar surface area (TPSA) is 20.2 Å². The normalized spacial score (nSPS) is 5.71. The van der Waals surface area contributed by atoms with Crippen molar-refractivity contribution in [3.8, 4) is 0 Å². The predicted octanol–water partition coefficient (Wildman–Crippen LogP) is 1.58. The molecule has 0 aliphatic rings. The van der Waals surface area contributed by atoms with Gasteiger partial charge in [-0.15, -0.1) is 0 Å². The van der Waals surface area contributed by atoms with Crippen LogP contribution in [0.5, 0.6) is 0 Å². The van der Waals surface area contributed by atoms with Gasteiger partial charge in [0.1, 0.15) is 0 Å². The maximum atomic E-state index is 7.81. The van der Waals surface area contributed by atoms with Crippen LogP contribution in [-0.4, -0.2) is 11.7 Å². The maximum absolute atomic E-state index is 7.81. The molecule has 0 aliphatic heterocycles. The minimum atomic E-state index is -0.931. The Morgan fingerprint density at radius 2 is 1.71 bits per heavy atom. The summed E-state index contributed by atoms with van der Waals surface area (Å²) in [7, 11) is 9.90. The zero-order valence-electron chi connectivity index (χ0n) is 4.03. The van der Waals surface area contributed by atoms with Gasteiger partial charge >= 0.3 is 34.5 Å². The molecular weight excluding hydrogens is 188 g/mol. The third-order valence-electron chi connectivity index (χ3n) is 0.158. The van der Waals surface area contributed by atoms with Crippen molar-refractivity contribution in [2.45, 2.75) is 6.42 Å². The predicted molar refractivity (Wildman–Crippen MR) is 28.8 cm³/mol. The third kappa shape index (κ3) is 40.8. The summed E-state index contributed by atoms with van der Waals surface area (Å²) >= 11 is -0.931. The van der Waals surface area contributed by atoms with E-state index in [4.69, 9.17) is 24.5 Å². The van der Waals surface area contributed by atoms with Gasteiger partial charge in [-0.1, -0.05) is 6.92 Å². The Hall–Kier alpha value is 1.16. The first-order valence-corrected chi connectivity index (χ1v) is 9.65. The minimum absolute atomic E-state index is 0.208. The van der Waals surface area contributed by atoms with Crippen LogP contribution < -0.4 is 0 Å². The molecule has 1 radical (unpaired) electrons. The van der Waals surface area contributed by atoms with Gasteiger partial charge < -0.3 is 5.11 Å². The van der Waals surface area contributed by atoms with E-state index in [0.717, 1.165) is 0 Å². The summed E-state index contributed by atoms with van der Waals surface area (Å²) < 4.78 is 0. The summed E-state index contributed by atoms with van der Waals surface area (Å²) in [5.74, 6) is 0. The summed E-state index contributed by atoms with van der Waals surface area (Å²) in [4.78, 5) is 0. The quantitative estimate of drug-likeness (QED) is 0.630. The fourth-order valence-electron chi connectivity index (χ4n) is 0. The van der Waals surface area contributed by atoms with E-state index in [9.17, 15) is 0 Å². The summed E-state index contributed by atoms with van der Waals surface area (Å²) in [5, 5.41) is 7.81. The number of aliphatic hydroxyl groups is 1. The molecule has 0 aromatic rings. The van der Waals surface area contributed by atoms with Crippen LogP contribution in [0, 0.1) is 6.92 Å². The van der Waals surface area contributed by atoms with E-state index >= 15 is 0 Å². The monoisotopic (exact) mass is 193 g/mol. The van der Waals surface area contributed by atoms with E-state index in [1.165, 1.54) is 0 Å². The van der Waals surface area contributed by atoms with Gasteiger partial charge in [0, 0.05) is 6.61 Å². The fourth-order valence-corrected chi connectivity index (χ4v) is 0. The molecule has 7 heavy (non-hydrogen) atoms. The SMILES string of the molecule is [CH2]CCO.[Cl][Zn][Cl]. The molecule has 0 saturated heterocycles. The Kier molecular flexibility index (Phi) is 24.7. The Labute approximate surface area is 59.7 Å². The van der Waals surface area contributed by atoms with E-state index in [0.29, 0.717) is 6.42 Å². The number of halogens is 2. The van der Waals surface area contributed by atoms with Crippen LogP contribution in [0.15, 0.2) is 0 Å². The van der Waals surface area contributed by atoms with Gasteiger partial charge in [0.15, 0.2) is 0 Å². The van der Waals surface area contributed by atoms with Gasteiger partial charge in [-0.2, -0.15) is 0 Å². The fraction of sp³-hybridized carbons (Fsp3) is 0.667. The molecule has 1 nitrogen and oxygen atoms in total. The first-order chi connectivity index (χ1) is 3.33. The average Bonchev–Trinajstić information content (AvgIpc) is 1.69. The second-order valence-corrected chi connectivity index (χ2v) is 5.30. The van der Waals surface area contributed by atoms with Gasteiger partial charge in [-0.25, -0.2) is 0 Å². The molecule has 0 heterocycles. The number of hydrogen-bond donors (Lipinski definition) is 1.